The maximum absolute atomic E-state index is 14.5. The first kappa shape index (κ1) is 49.3. The van der Waals surface area contributed by atoms with E-state index in [0.29, 0.717) is 23.6 Å². The van der Waals surface area contributed by atoms with E-state index >= 15 is 0 Å². The van der Waals surface area contributed by atoms with E-state index in [4.69, 9.17) is 48.9 Å². The number of oxime groups is 1. The number of rotatable bonds is 12. The number of likely N-dealkylation sites (N-methyl/N-ethyl adjacent to an activating group) is 1. The quantitative estimate of drug-likeness (QED) is 0.119. The molecule has 5 rings (SSSR count). The molecule has 0 spiro atoms. The van der Waals surface area contributed by atoms with Crippen molar-refractivity contribution in [1.29, 1.82) is 0 Å². The summed E-state index contributed by atoms with van der Waals surface area (Å²) in [7, 11) is 5.31. The van der Waals surface area contributed by atoms with E-state index in [2.05, 4.69) is 9.97 Å². The van der Waals surface area contributed by atoms with Crippen LogP contribution in [0.15, 0.2) is 54.0 Å². The molecule has 2 aromatic heterocycles. The summed E-state index contributed by atoms with van der Waals surface area (Å²) in [4.78, 5) is 57.8. The van der Waals surface area contributed by atoms with Gasteiger partial charge in [-0.05, 0) is 97.0 Å². The molecule has 3 saturated heterocycles. The van der Waals surface area contributed by atoms with Crippen molar-refractivity contribution < 1.29 is 57.5 Å². The topological polar surface area (TPSA) is 213 Å². The molecule has 0 aliphatic carbocycles. The Kier molecular flexibility index (Phi) is 16.7. The molecule has 3 aliphatic heterocycles. The minimum Gasteiger partial charge on any atom is -0.461 e. The number of anilines is 1. The lowest BCUT2D eigenvalue weighted by Gasteiger charge is -2.48. The van der Waals surface area contributed by atoms with E-state index in [1.54, 1.807) is 63.7 Å². The van der Waals surface area contributed by atoms with Crippen molar-refractivity contribution in [2.75, 3.05) is 33.5 Å². The van der Waals surface area contributed by atoms with Crippen molar-refractivity contribution in [3.05, 3.63) is 60.1 Å². The number of aromatic nitrogens is 2. The maximum atomic E-state index is 14.5. The fourth-order valence-corrected chi connectivity index (χ4v) is 9.28. The lowest BCUT2D eigenvalue weighted by Crippen LogP contribution is -2.60. The smallest absolute Gasteiger partial charge is 0.461 e. The highest BCUT2D eigenvalue weighted by Crippen LogP contribution is 2.43. The van der Waals surface area contributed by atoms with Crippen molar-refractivity contribution in [3.63, 3.8) is 0 Å². The van der Waals surface area contributed by atoms with E-state index in [0.717, 1.165) is 5.56 Å². The average molecular weight is 882 g/mol. The fraction of sp³-hybridized carbons (Fsp3) is 0.652. The highest BCUT2D eigenvalue weighted by molar-refractivity contribution is 5.89. The Bertz CT molecular complexity index is 1900. The molecule has 14 atom stereocenters. The Morgan fingerprint density at radius 2 is 1.81 bits per heavy atom. The third-order valence-electron chi connectivity index (χ3n) is 12.8. The molecular formula is C46H67N5O12. The van der Waals surface area contributed by atoms with Gasteiger partial charge in [0, 0.05) is 43.3 Å². The van der Waals surface area contributed by atoms with Gasteiger partial charge in [0.15, 0.2) is 18.0 Å². The minimum atomic E-state index is -1.46. The van der Waals surface area contributed by atoms with Gasteiger partial charge in [-0.25, -0.2) is 9.78 Å². The van der Waals surface area contributed by atoms with Crippen molar-refractivity contribution in [2.24, 2.45) is 28.8 Å². The van der Waals surface area contributed by atoms with Gasteiger partial charge in [-0.2, -0.15) is 0 Å². The zero-order valence-corrected chi connectivity index (χ0v) is 38.5. The van der Waals surface area contributed by atoms with E-state index in [-0.39, 0.29) is 38.0 Å². The van der Waals surface area contributed by atoms with Crippen molar-refractivity contribution in [3.8, 4) is 0 Å². The van der Waals surface area contributed by atoms with Crippen molar-refractivity contribution in [2.45, 2.75) is 141 Å². The lowest BCUT2D eigenvalue weighted by molar-refractivity contribution is -0.301. The second-order valence-electron chi connectivity index (χ2n) is 17.8. The standard InChI is InChI=1S/C46H67N5O12/c1-12-34-46(8)41(62-44(55)63-46)28(4)37(50-57-21-15-16-31-18-19-35(47)49-25-31)26(2)24-45(7,56-11)40(61-43-38(53)33(51(9)10)22-27(3)58-43)29(5)39(30(6)42(54)59-34)60-36(52)23-32-17-13-14-20-48-32/h13-20,25-30,33-34,38-41,43,53H,12,21-24H2,1-11H3,(H2,47,49)/b16-15+,50-37+/t26-,27-,28+,29+,30-,33+,34-,38-,39+,40-,41-,43+,45-,46-/m1/s1. The molecule has 348 valence electrons. The molecule has 0 unspecified atom stereocenters. The predicted octanol–water partition coefficient (Wildman–Crippen LogP) is 5.38. The number of methoxy groups -OCH3 is 1. The van der Waals surface area contributed by atoms with Crippen LogP contribution in [0.5, 0.6) is 0 Å². The van der Waals surface area contributed by atoms with Gasteiger partial charge in [0.1, 0.15) is 30.7 Å². The Labute approximate surface area is 370 Å². The zero-order valence-electron chi connectivity index (χ0n) is 38.5. The number of cyclic esters (lactones) is 1. The van der Waals surface area contributed by atoms with Gasteiger partial charge in [-0.15, -0.1) is 0 Å². The number of carbonyl (C=O) groups is 3. The number of pyridine rings is 2. The number of aliphatic hydroxyl groups is 1. The number of aliphatic hydroxyl groups excluding tert-OH is 1. The molecule has 17 heteroatoms. The van der Waals surface area contributed by atoms with Crippen LogP contribution in [0.25, 0.3) is 6.08 Å². The van der Waals surface area contributed by atoms with Crippen LogP contribution in [0.1, 0.15) is 85.9 Å². The van der Waals surface area contributed by atoms with Gasteiger partial charge in [0.25, 0.3) is 0 Å². The molecule has 3 aliphatic rings. The van der Waals surface area contributed by atoms with Crippen LogP contribution in [0.3, 0.4) is 0 Å². The largest absolute Gasteiger partial charge is 0.509 e. The molecule has 0 amide bonds. The molecule has 5 heterocycles. The third kappa shape index (κ3) is 11.7. The Hall–Kier alpha value is -4.68. The SMILES string of the molecule is CC[C@H]1OC(=O)[C@H](C)[C@@H](OC(=O)Cc2ccccn2)[C@H](C)[C@@H](O[C@@H]2O[C@H](C)C[C@H](N(C)C)[C@H]2O)[C@](C)(OC)C[C@@H](C)/C(=N\OC/C=C/c2ccc(N)nc2)[C@H](C)[C@H]2OC(=O)O[C@@]21C. The summed E-state index contributed by atoms with van der Waals surface area (Å²) < 4.78 is 44.1. The number of carbonyl (C=O) groups excluding carboxylic acids is 3. The summed E-state index contributed by atoms with van der Waals surface area (Å²) in [5.74, 6) is -3.92. The van der Waals surface area contributed by atoms with Gasteiger partial charge in [0.2, 0.25) is 0 Å². The van der Waals surface area contributed by atoms with Crippen molar-refractivity contribution >= 4 is 35.7 Å². The number of hydrogen-bond acceptors (Lipinski definition) is 17. The van der Waals surface area contributed by atoms with E-state index in [1.807, 2.05) is 72.7 Å². The molecule has 2 aromatic rings. The molecule has 3 N–H and O–H groups in total. The number of esters is 2. The minimum absolute atomic E-state index is 0.0800. The van der Waals surface area contributed by atoms with Gasteiger partial charge < -0.3 is 53.7 Å². The molecule has 3 fully saturated rings. The Balaban J connectivity index is 1.62. The summed E-state index contributed by atoms with van der Waals surface area (Å²) in [6.07, 6.45) is 0.110. The molecule has 17 nitrogen and oxygen atoms in total. The second kappa shape index (κ2) is 21.3. The third-order valence-corrected chi connectivity index (χ3v) is 12.8. The fourth-order valence-electron chi connectivity index (χ4n) is 9.28. The van der Waals surface area contributed by atoms with Crippen LogP contribution in [-0.4, -0.2) is 132 Å². The van der Waals surface area contributed by atoms with Crippen LogP contribution >= 0.6 is 0 Å². The molecular weight excluding hydrogens is 815 g/mol. The maximum Gasteiger partial charge on any atom is 0.509 e. The van der Waals surface area contributed by atoms with Gasteiger partial charge >= 0.3 is 18.1 Å². The Morgan fingerprint density at radius 1 is 1.06 bits per heavy atom. The summed E-state index contributed by atoms with van der Waals surface area (Å²) in [5.41, 5.74) is 4.83. The molecule has 0 bridgehead atoms. The van der Waals surface area contributed by atoms with Crippen molar-refractivity contribution in [1.82, 2.24) is 14.9 Å². The summed E-state index contributed by atoms with van der Waals surface area (Å²) >= 11 is 0. The van der Waals surface area contributed by atoms with Gasteiger partial charge in [0.05, 0.1) is 41.6 Å². The van der Waals surface area contributed by atoms with Crippen LogP contribution in [-0.2, 0) is 54.0 Å². The number of nitrogens with zero attached hydrogens (tertiary/aromatic N) is 4. The first-order chi connectivity index (χ1) is 29.8. The molecule has 0 aromatic carbocycles. The average Bonchev–Trinajstić information content (AvgIpc) is 3.56. The Morgan fingerprint density at radius 3 is 2.44 bits per heavy atom. The summed E-state index contributed by atoms with van der Waals surface area (Å²) in [5, 5.41) is 16.5. The molecule has 0 saturated carbocycles. The van der Waals surface area contributed by atoms with Gasteiger partial charge in [-0.3, -0.25) is 14.6 Å². The van der Waals surface area contributed by atoms with Crippen LogP contribution < -0.4 is 5.73 Å². The van der Waals surface area contributed by atoms with Crippen LogP contribution in [0.2, 0.25) is 0 Å². The number of hydrogen-bond donors (Lipinski definition) is 2. The van der Waals surface area contributed by atoms with Gasteiger partial charge in [-0.1, -0.05) is 45.0 Å². The van der Waals surface area contributed by atoms with Crippen LogP contribution in [0.4, 0.5) is 10.6 Å². The second-order valence-corrected chi connectivity index (χ2v) is 17.8. The van der Waals surface area contributed by atoms with E-state index < -0.39 is 89.8 Å². The van der Waals surface area contributed by atoms with E-state index in [1.165, 1.54) is 0 Å². The summed E-state index contributed by atoms with van der Waals surface area (Å²) in [6.45, 7) is 14.6. The predicted molar refractivity (Wildman–Crippen MR) is 233 cm³/mol. The monoisotopic (exact) mass is 881 g/mol. The first-order valence-corrected chi connectivity index (χ1v) is 21.8. The first-order valence-electron chi connectivity index (χ1n) is 21.8. The highest BCUT2D eigenvalue weighted by atomic mass is 16.8. The normalized spacial score (nSPS) is 36.2. The lowest BCUT2D eigenvalue weighted by atomic mass is 9.73. The molecule has 63 heavy (non-hydrogen) atoms. The number of ether oxygens (including phenoxy) is 7. The summed E-state index contributed by atoms with van der Waals surface area (Å²) in [6, 6.07) is 8.44. The number of nitrogen functional groups attached to an aromatic ring is 1. The van der Waals surface area contributed by atoms with Crippen LogP contribution in [0, 0.1) is 23.7 Å². The molecule has 0 radical (unpaired) electrons. The highest BCUT2D eigenvalue weighted by Gasteiger charge is 2.59. The zero-order chi connectivity index (χ0) is 46.2. The number of fused-ring (bicyclic) bond motifs is 1. The number of nitrogens with two attached hydrogens (primary N) is 1. The van der Waals surface area contributed by atoms with E-state index in [9.17, 15) is 19.5 Å².